The minimum absolute atomic E-state index is 0.692. The molecule has 8 bridgehead atoms. The second kappa shape index (κ2) is 18.0. The largest absolute Gasteiger partial charge is 0.493 e. The van der Waals surface area contributed by atoms with Crippen LogP contribution in [0.4, 0.5) is 0 Å². The van der Waals surface area contributed by atoms with Crippen LogP contribution >= 0.6 is 31.9 Å². The van der Waals surface area contributed by atoms with E-state index >= 15 is 0 Å². The highest BCUT2D eigenvalue weighted by atomic mass is 79.9. The first-order chi connectivity index (χ1) is 24.5. The van der Waals surface area contributed by atoms with Crippen molar-refractivity contribution in [3.05, 3.63) is 80.3 Å². The number of hydrogen-bond donors (Lipinski definition) is 2. The Morgan fingerprint density at radius 2 is 1.12 bits per heavy atom. The molecule has 0 aliphatic carbocycles. The van der Waals surface area contributed by atoms with Crippen LogP contribution in [0.3, 0.4) is 0 Å². The van der Waals surface area contributed by atoms with E-state index in [1.807, 2.05) is 30.4 Å². The van der Waals surface area contributed by atoms with Gasteiger partial charge in [0.15, 0.2) is 0 Å². The summed E-state index contributed by atoms with van der Waals surface area (Å²) in [6.45, 7) is 5.90. The molecule has 2 aliphatic heterocycles. The molecule has 0 unspecified atom stereocenters. The number of benzene rings is 1. The van der Waals surface area contributed by atoms with E-state index in [2.05, 4.69) is 98.1 Å². The van der Waals surface area contributed by atoms with Gasteiger partial charge >= 0.3 is 0 Å². The Hall–Kier alpha value is -3.62. The lowest BCUT2D eigenvalue weighted by atomic mass is 10.1. The number of rotatable bonds is 17. The number of hydrogen-bond acceptors (Lipinski definition) is 4. The van der Waals surface area contributed by atoms with E-state index in [1.165, 1.54) is 64.2 Å². The zero-order valence-corrected chi connectivity index (χ0v) is 32.5. The maximum atomic E-state index is 6.39. The molecule has 0 amide bonds. The summed E-state index contributed by atoms with van der Waals surface area (Å²) in [7, 11) is 0. The summed E-state index contributed by atoms with van der Waals surface area (Å²) in [6, 6.07) is 16.7. The van der Waals surface area contributed by atoms with E-state index in [-0.39, 0.29) is 0 Å². The minimum Gasteiger partial charge on any atom is -0.493 e. The molecule has 6 rings (SSSR count). The molecule has 2 N–H and O–H groups in total. The van der Waals surface area contributed by atoms with Crippen molar-refractivity contribution in [2.45, 2.75) is 90.9 Å². The molecule has 0 radical (unpaired) electrons. The van der Waals surface area contributed by atoms with Crippen LogP contribution in [0.15, 0.2) is 57.5 Å². The van der Waals surface area contributed by atoms with Gasteiger partial charge in [-0.2, -0.15) is 0 Å². The van der Waals surface area contributed by atoms with Crippen LogP contribution in [0.5, 0.6) is 11.5 Å². The smallest absolute Gasteiger partial charge is 0.123 e. The molecule has 50 heavy (non-hydrogen) atoms. The lowest BCUT2D eigenvalue weighted by Crippen LogP contribution is -2.01. The van der Waals surface area contributed by atoms with Crippen molar-refractivity contribution >= 4 is 78.2 Å². The Labute approximate surface area is 313 Å². The van der Waals surface area contributed by atoms with Crippen LogP contribution in [0.2, 0.25) is 0 Å². The fourth-order valence-electron chi connectivity index (χ4n) is 6.36. The van der Waals surface area contributed by atoms with Gasteiger partial charge in [-0.1, -0.05) is 78.1 Å². The normalized spacial score (nSPS) is 12.2. The third-order valence-electron chi connectivity index (χ3n) is 9.11. The summed E-state index contributed by atoms with van der Waals surface area (Å²) < 4.78 is 14.6. The molecule has 0 saturated heterocycles. The van der Waals surface area contributed by atoms with Crippen molar-refractivity contribution in [2.24, 2.45) is 0 Å². The number of nitrogens with zero attached hydrogens (tertiary/aromatic N) is 2. The number of halogens is 2. The quantitative estimate of drug-likeness (QED) is 0.0901. The topological polar surface area (TPSA) is 75.8 Å². The first-order valence-electron chi connectivity index (χ1n) is 18.4. The molecule has 0 spiro atoms. The van der Waals surface area contributed by atoms with Crippen LogP contribution in [-0.4, -0.2) is 33.1 Å². The van der Waals surface area contributed by atoms with Gasteiger partial charge in [0.25, 0.3) is 0 Å². The second-order valence-corrected chi connectivity index (χ2v) is 14.8. The summed E-state index contributed by atoms with van der Waals surface area (Å²) >= 11 is 7.72. The first-order valence-corrected chi connectivity index (χ1v) is 20.0. The number of aromatic amines is 2. The Morgan fingerprint density at radius 3 is 1.74 bits per heavy atom. The monoisotopic (exact) mass is 798 g/mol. The molecule has 1 aromatic carbocycles. The standard InChI is InChI=1S/C42H48Br2N4O2/c1-3-5-7-9-11-13-21-49-34-23-29(24-35(28-34)50-22-14-12-10-8-6-4-2)36-27-33-26-32-16-19-38(46-32)40(43)37-18-15-30(45-37)25-31-17-20-39(47-31)41(44)42(36)48-33/h15-20,23-28,45,48H,3-14,21-22H2,1-2H3. The highest BCUT2D eigenvalue weighted by molar-refractivity contribution is 9.11. The van der Waals surface area contributed by atoms with E-state index in [0.29, 0.717) is 13.2 Å². The summed E-state index contributed by atoms with van der Waals surface area (Å²) in [4.78, 5) is 17.0. The van der Waals surface area contributed by atoms with Gasteiger partial charge in [0.2, 0.25) is 0 Å². The molecule has 0 saturated carbocycles. The molecule has 3 aromatic heterocycles. The van der Waals surface area contributed by atoms with E-state index in [9.17, 15) is 0 Å². The van der Waals surface area contributed by atoms with Crippen molar-refractivity contribution in [3.63, 3.8) is 0 Å². The zero-order chi connectivity index (χ0) is 34.7. The van der Waals surface area contributed by atoms with Crippen LogP contribution in [0.25, 0.3) is 57.5 Å². The predicted octanol–water partition coefficient (Wildman–Crippen LogP) is 13.3. The first kappa shape index (κ1) is 36.2. The number of ether oxygens (including phenoxy) is 2. The van der Waals surface area contributed by atoms with Crippen LogP contribution < -0.4 is 9.47 Å². The van der Waals surface area contributed by atoms with Crippen LogP contribution in [-0.2, 0) is 0 Å². The van der Waals surface area contributed by atoms with Crippen LogP contribution in [0, 0.1) is 0 Å². The zero-order valence-electron chi connectivity index (χ0n) is 29.3. The van der Waals surface area contributed by atoms with Crippen molar-refractivity contribution in [1.29, 1.82) is 0 Å². The molecule has 0 atom stereocenters. The van der Waals surface area contributed by atoms with Crippen molar-refractivity contribution in [3.8, 4) is 22.6 Å². The molecule has 0 fully saturated rings. The van der Waals surface area contributed by atoms with E-state index in [4.69, 9.17) is 19.4 Å². The minimum atomic E-state index is 0.692. The number of H-pyrrole nitrogens is 2. The molecule has 2 aliphatic rings. The van der Waals surface area contributed by atoms with E-state index in [0.717, 1.165) is 89.3 Å². The number of unbranched alkanes of at least 4 members (excludes halogenated alkanes) is 10. The molecular formula is C42H48Br2N4O2. The van der Waals surface area contributed by atoms with Gasteiger partial charge in [0.05, 0.1) is 56.0 Å². The lowest BCUT2D eigenvalue weighted by molar-refractivity contribution is 0.290. The number of aromatic nitrogens is 4. The number of fused-ring (bicyclic) bond motifs is 8. The average Bonchev–Trinajstić information content (AvgIpc) is 3.95. The van der Waals surface area contributed by atoms with E-state index < -0.39 is 0 Å². The molecule has 5 heterocycles. The third kappa shape index (κ3) is 9.58. The van der Waals surface area contributed by atoms with Gasteiger partial charge in [-0.25, -0.2) is 9.97 Å². The SMILES string of the molecule is CCCCCCCCOc1cc(OCCCCCCCC)cc(-c2cc3cc4nc(c(Br)c5ccc(cc6nc(c(Br)c2[nH]3)C=C6)[nH]5)C=C4)c1. The van der Waals surface area contributed by atoms with Gasteiger partial charge in [0, 0.05) is 22.7 Å². The Bertz CT molecular complexity index is 1950. The second-order valence-electron chi connectivity index (χ2n) is 13.2. The molecule has 8 heteroatoms. The molecule has 6 nitrogen and oxygen atoms in total. The van der Waals surface area contributed by atoms with E-state index in [1.54, 1.807) is 0 Å². The highest BCUT2D eigenvalue weighted by Gasteiger charge is 2.15. The fraction of sp³-hybridized carbons (Fsp3) is 0.381. The van der Waals surface area contributed by atoms with Gasteiger partial charge in [-0.05, 0) is 117 Å². The van der Waals surface area contributed by atoms with Crippen molar-refractivity contribution in [2.75, 3.05) is 13.2 Å². The molecule has 262 valence electrons. The Balaban J connectivity index is 1.39. The van der Waals surface area contributed by atoms with Crippen molar-refractivity contribution in [1.82, 2.24) is 19.9 Å². The summed E-state index contributed by atoms with van der Waals surface area (Å²) in [6.07, 6.45) is 22.9. The highest BCUT2D eigenvalue weighted by Crippen LogP contribution is 2.37. The predicted molar refractivity (Wildman–Crippen MR) is 217 cm³/mol. The van der Waals surface area contributed by atoms with Crippen LogP contribution in [0.1, 0.15) is 114 Å². The van der Waals surface area contributed by atoms with Crippen molar-refractivity contribution < 1.29 is 9.47 Å². The maximum Gasteiger partial charge on any atom is 0.123 e. The third-order valence-corrected chi connectivity index (χ3v) is 10.7. The summed E-state index contributed by atoms with van der Waals surface area (Å²) in [5.41, 5.74) is 9.31. The molecule has 4 aromatic rings. The maximum absolute atomic E-state index is 6.39. The number of nitrogens with one attached hydrogen (secondary N) is 2. The lowest BCUT2D eigenvalue weighted by Gasteiger charge is -2.13. The van der Waals surface area contributed by atoms with Gasteiger partial charge in [0.1, 0.15) is 11.5 Å². The fourth-order valence-corrected chi connectivity index (χ4v) is 7.35. The molecular weight excluding hydrogens is 752 g/mol. The van der Waals surface area contributed by atoms with Gasteiger partial charge in [-0.15, -0.1) is 0 Å². The summed E-state index contributed by atoms with van der Waals surface area (Å²) in [5.74, 6) is 1.66. The Kier molecular flexibility index (Phi) is 13.1. The average molecular weight is 801 g/mol. The summed E-state index contributed by atoms with van der Waals surface area (Å²) in [5, 5.41) is 0. The Morgan fingerprint density at radius 1 is 0.560 bits per heavy atom. The van der Waals surface area contributed by atoms with Gasteiger partial charge < -0.3 is 19.4 Å². The van der Waals surface area contributed by atoms with Gasteiger partial charge in [-0.3, -0.25) is 0 Å².